The van der Waals surface area contributed by atoms with Crippen molar-refractivity contribution >= 4 is 40.8 Å². The summed E-state index contributed by atoms with van der Waals surface area (Å²) >= 11 is 7.46. The summed E-state index contributed by atoms with van der Waals surface area (Å²) < 4.78 is 26.3. The second-order valence-corrected chi connectivity index (χ2v) is 12.8. The van der Waals surface area contributed by atoms with E-state index >= 15 is 4.39 Å². The number of carbonyl (C=O) groups excluding carboxylic acids is 2. The van der Waals surface area contributed by atoms with Crippen molar-refractivity contribution in [1.29, 1.82) is 0 Å². The Labute approximate surface area is 270 Å². The van der Waals surface area contributed by atoms with E-state index in [0.29, 0.717) is 40.3 Å². The number of aromatic nitrogens is 3. The molecular formula is C33H33ClFN5O4S. The van der Waals surface area contributed by atoms with Gasteiger partial charge in [0.25, 0.3) is 0 Å². The number of rotatable bonds is 7. The van der Waals surface area contributed by atoms with Crippen molar-refractivity contribution in [2.45, 2.75) is 45.1 Å². The van der Waals surface area contributed by atoms with Crippen LogP contribution in [-0.4, -0.2) is 57.3 Å². The van der Waals surface area contributed by atoms with Gasteiger partial charge in [-0.15, -0.1) is 11.3 Å². The van der Waals surface area contributed by atoms with Crippen molar-refractivity contribution in [3.05, 3.63) is 84.0 Å². The first-order valence-corrected chi connectivity index (χ1v) is 15.6. The van der Waals surface area contributed by atoms with Gasteiger partial charge < -0.3 is 14.4 Å². The predicted molar refractivity (Wildman–Crippen MR) is 174 cm³/mol. The second kappa shape index (κ2) is 13.7. The fraction of sp³-hybridized carbons (Fsp3) is 0.303. The summed E-state index contributed by atoms with van der Waals surface area (Å²) in [4.78, 5) is 40.1. The number of anilines is 1. The van der Waals surface area contributed by atoms with Crippen LogP contribution in [0.3, 0.4) is 0 Å². The summed E-state index contributed by atoms with van der Waals surface area (Å²) in [5.74, 6) is -0.356. The van der Waals surface area contributed by atoms with Gasteiger partial charge in [-0.25, -0.2) is 28.9 Å². The van der Waals surface area contributed by atoms with Crippen molar-refractivity contribution in [2.24, 2.45) is 0 Å². The van der Waals surface area contributed by atoms with Gasteiger partial charge in [-0.05, 0) is 74.9 Å². The first-order chi connectivity index (χ1) is 21.5. The van der Waals surface area contributed by atoms with Gasteiger partial charge in [0.2, 0.25) is 5.28 Å². The Morgan fingerprint density at radius 3 is 2.53 bits per heavy atom. The lowest BCUT2D eigenvalue weighted by atomic mass is 9.89. The summed E-state index contributed by atoms with van der Waals surface area (Å²) in [6.45, 7) is 10.4. The monoisotopic (exact) mass is 649 g/mol. The number of ether oxygens (including phenoxy) is 2. The number of thiazole rings is 1. The summed E-state index contributed by atoms with van der Waals surface area (Å²) in [5.41, 5.74) is 2.47. The number of amides is 2. The number of likely N-dealkylation sites (tertiary alicyclic amines) is 1. The zero-order valence-electron chi connectivity index (χ0n) is 25.2. The van der Waals surface area contributed by atoms with Crippen LogP contribution >= 0.6 is 22.9 Å². The van der Waals surface area contributed by atoms with E-state index in [9.17, 15) is 9.59 Å². The van der Waals surface area contributed by atoms with Crippen molar-refractivity contribution in [3.8, 4) is 32.4 Å². The van der Waals surface area contributed by atoms with E-state index in [1.165, 1.54) is 35.2 Å². The molecule has 4 aromatic rings. The van der Waals surface area contributed by atoms with Crippen molar-refractivity contribution in [2.75, 3.05) is 25.0 Å². The Kier molecular flexibility index (Phi) is 9.79. The molecule has 0 unspecified atom stereocenters. The van der Waals surface area contributed by atoms with Crippen LogP contribution in [0.2, 0.25) is 5.28 Å². The van der Waals surface area contributed by atoms with Gasteiger partial charge in [0.1, 0.15) is 17.2 Å². The standard InChI is InChI=1S/C33H33ClFN5O4S/c1-5-19-43-31(41)38-24-8-6-7-23(26(24)35)27-28(25-13-16-36-30(34)37-25)45-29(39-27)22-11-9-20(10-12-22)21-14-17-40(18-15-21)32(42)44-33(2,3)4/h5-13,16,21H,1,14-15,17-19H2,2-4H3,(H,38,41). The largest absolute Gasteiger partial charge is 0.445 e. The first-order valence-electron chi connectivity index (χ1n) is 14.4. The number of halogens is 2. The molecule has 0 radical (unpaired) electrons. The van der Waals surface area contributed by atoms with E-state index in [1.807, 2.05) is 32.9 Å². The Hall–Kier alpha value is -4.35. The van der Waals surface area contributed by atoms with Crippen LogP contribution in [0.5, 0.6) is 0 Å². The van der Waals surface area contributed by atoms with E-state index in [1.54, 1.807) is 23.1 Å². The summed E-state index contributed by atoms with van der Waals surface area (Å²) in [6.07, 6.45) is 3.54. The number of nitrogens with zero attached hydrogens (tertiary/aromatic N) is 4. The van der Waals surface area contributed by atoms with Gasteiger partial charge in [0, 0.05) is 30.4 Å². The summed E-state index contributed by atoms with van der Waals surface area (Å²) in [5, 5.41) is 3.14. The minimum absolute atomic E-state index is 0.00866. The molecule has 0 saturated carbocycles. The van der Waals surface area contributed by atoms with Gasteiger partial charge in [-0.2, -0.15) is 0 Å². The lowest BCUT2D eigenvalue weighted by Gasteiger charge is -2.33. The molecule has 1 aliphatic rings. The van der Waals surface area contributed by atoms with Crippen molar-refractivity contribution in [3.63, 3.8) is 0 Å². The van der Waals surface area contributed by atoms with Crippen LogP contribution in [0, 0.1) is 5.82 Å². The van der Waals surface area contributed by atoms with Gasteiger partial charge in [0.05, 0.1) is 22.0 Å². The third-order valence-corrected chi connectivity index (χ3v) is 8.39. The highest BCUT2D eigenvalue weighted by Crippen LogP contribution is 2.42. The first kappa shape index (κ1) is 32.1. The fourth-order valence-corrected chi connectivity index (χ4v) is 6.18. The smallest absolute Gasteiger partial charge is 0.412 e. The molecule has 5 rings (SSSR count). The van der Waals surface area contributed by atoms with Crippen molar-refractivity contribution < 1.29 is 23.5 Å². The van der Waals surface area contributed by atoms with Gasteiger partial charge in [-0.3, -0.25) is 5.32 Å². The minimum atomic E-state index is -0.802. The molecule has 2 aromatic heterocycles. The Morgan fingerprint density at radius 2 is 1.87 bits per heavy atom. The predicted octanol–water partition coefficient (Wildman–Crippen LogP) is 8.58. The lowest BCUT2D eigenvalue weighted by Crippen LogP contribution is -2.41. The zero-order valence-corrected chi connectivity index (χ0v) is 26.8. The number of benzene rings is 2. The average Bonchev–Trinajstić information content (AvgIpc) is 3.46. The number of nitrogens with one attached hydrogen (secondary N) is 1. The molecule has 45 heavy (non-hydrogen) atoms. The molecule has 1 saturated heterocycles. The molecule has 3 heterocycles. The van der Waals surface area contributed by atoms with Gasteiger partial charge in [-0.1, -0.05) is 43.0 Å². The highest BCUT2D eigenvalue weighted by atomic mass is 35.5. The molecule has 2 aromatic carbocycles. The van der Waals surface area contributed by atoms with Crippen LogP contribution in [0.1, 0.15) is 45.1 Å². The van der Waals surface area contributed by atoms with Gasteiger partial charge in [0.15, 0.2) is 5.82 Å². The minimum Gasteiger partial charge on any atom is -0.445 e. The van der Waals surface area contributed by atoms with E-state index in [-0.39, 0.29) is 29.2 Å². The van der Waals surface area contributed by atoms with Crippen molar-refractivity contribution in [1.82, 2.24) is 19.9 Å². The van der Waals surface area contributed by atoms with Gasteiger partial charge >= 0.3 is 12.2 Å². The number of hydrogen-bond acceptors (Lipinski definition) is 8. The molecule has 1 fully saturated rings. The summed E-state index contributed by atoms with van der Waals surface area (Å²) in [6, 6.07) is 14.5. The molecule has 0 spiro atoms. The molecule has 1 N–H and O–H groups in total. The highest BCUT2D eigenvalue weighted by molar-refractivity contribution is 7.18. The molecule has 9 nitrogen and oxygen atoms in total. The maximum Gasteiger partial charge on any atom is 0.412 e. The molecule has 1 aliphatic heterocycles. The lowest BCUT2D eigenvalue weighted by molar-refractivity contribution is 0.0205. The Bertz CT molecular complexity index is 1700. The van der Waals surface area contributed by atoms with E-state index < -0.39 is 17.5 Å². The maximum atomic E-state index is 15.8. The average molecular weight is 650 g/mol. The Morgan fingerprint density at radius 1 is 1.13 bits per heavy atom. The third-order valence-electron chi connectivity index (χ3n) is 7.08. The maximum absolute atomic E-state index is 15.8. The number of hydrogen-bond donors (Lipinski definition) is 1. The normalized spacial score (nSPS) is 13.8. The van der Waals surface area contributed by atoms with Crippen LogP contribution in [0.4, 0.5) is 19.7 Å². The van der Waals surface area contributed by atoms with E-state index in [4.69, 9.17) is 26.1 Å². The van der Waals surface area contributed by atoms with Crippen LogP contribution in [-0.2, 0) is 9.47 Å². The molecule has 0 bridgehead atoms. The Balaban J connectivity index is 1.41. The molecule has 2 amide bonds. The molecule has 234 valence electrons. The van der Waals surface area contributed by atoms with E-state index in [0.717, 1.165) is 18.4 Å². The summed E-state index contributed by atoms with van der Waals surface area (Å²) in [7, 11) is 0. The molecule has 0 aliphatic carbocycles. The topological polar surface area (TPSA) is 107 Å². The second-order valence-electron chi connectivity index (χ2n) is 11.5. The highest BCUT2D eigenvalue weighted by Gasteiger charge is 2.28. The number of piperidine rings is 1. The third kappa shape index (κ3) is 7.84. The SMILES string of the molecule is C=CCOC(=O)Nc1cccc(-c2nc(-c3ccc(C4CCN(C(=O)OC(C)(C)C)CC4)cc3)sc2-c2ccnc(Cl)n2)c1F. The van der Waals surface area contributed by atoms with Crippen LogP contribution < -0.4 is 5.32 Å². The fourth-order valence-electron chi connectivity index (χ4n) is 4.97. The van der Waals surface area contributed by atoms with Crippen LogP contribution in [0.15, 0.2) is 67.4 Å². The van der Waals surface area contributed by atoms with Crippen LogP contribution in [0.25, 0.3) is 32.4 Å². The zero-order chi connectivity index (χ0) is 32.1. The number of carbonyl (C=O) groups is 2. The molecule has 12 heteroatoms. The quantitative estimate of drug-likeness (QED) is 0.158. The molecular weight excluding hydrogens is 617 g/mol. The van der Waals surface area contributed by atoms with E-state index in [2.05, 4.69) is 34.0 Å². The molecule has 0 atom stereocenters.